The molecule has 0 spiro atoms. The number of thiazole rings is 1. The van der Waals surface area contributed by atoms with Gasteiger partial charge in [0.1, 0.15) is 10.8 Å². The van der Waals surface area contributed by atoms with Crippen LogP contribution in [0.4, 0.5) is 4.39 Å². The summed E-state index contributed by atoms with van der Waals surface area (Å²) in [4.78, 5) is 6.86. The number of aromatic nitrogens is 1. The van der Waals surface area contributed by atoms with E-state index in [0.717, 1.165) is 36.8 Å². The van der Waals surface area contributed by atoms with Gasteiger partial charge in [-0.25, -0.2) is 9.37 Å². The van der Waals surface area contributed by atoms with Crippen LogP contribution >= 0.6 is 11.3 Å². The average Bonchev–Trinajstić information content (AvgIpc) is 2.96. The van der Waals surface area contributed by atoms with Crippen molar-refractivity contribution in [2.75, 3.05) is 26.2 Å². The summed E-state index contributed by atoms with van der Waals surface area (Å²) in [6, 6.07) is 6.92. The van der Waals surface area contributed by atoms with Gasteiger partial charge in [0.25, 0.3) is 0 Å². The van der Waals surface area contributed by atoms with Crippen molar-refractivity contribution in [1.29, 1.82) is 0 Å². The second-order valence-electron chi connectivity index (χ2n) is 4.61. The molecule has 3 nitrogen and oxygen atoms in total. The lowest BCUT2D eigenvalue weighted by Gasteiger charge is -2.34. The molecule has 0 amide bonds. The summed E-state index contributed by atoms with van der Waals surface area (Å²) in [6.45, 7) is 3.95. The first kappa shape index (κ1) is 12.7. The topological polar surface area (TPSA) is 28.2 Å². The Bertz CT molecular complexity index is 506. The fourth-order valence-corrected chi connectivity index (χ4v) is 3.26. The molecule has 1 aromatic heterocycles. The van der Waals surface area contributed by atoms with Crippen LogP contribution in [0, 0.1) is 5.82 Å². The average molecular weight is 277 g/mol. The highest BCUT2D eigenvalue weighted by Crippen LogP contribution is 2.30. The van der Waals surface area contributed by atoms with Crippen molar-refractivity contribution >= 4 is 11.3 Å². The van der Waals surface area contributed by atoms with Crippen LogP contribution in [0.2, 0.25) is 0 Å². The zero-order valence-electron chi connectivity index (χ0n) is 10.6. The van der Waals surface area contributed by atoms with Crippen molar-refractivity contribution in [3.8, 4) is 0 Å². The molecule has 5 heteroatoms. The molecule has 1 aliphatic heterocycles. The summed E-state index contributed by atoms with van der Waals surface area (Å²) in [7, 11) is 0. The summed E-state index contributed by atoms with van der Waals surface area (Å²) in [5.74, 6) is -0.193. The number of nitrogens with zero attached hydrogens (tertiary/aromatic N) is 2. The molecule has 100 valence electrons. The number of halogens is 1. The summed E-state index contributed by atoms with van der Waals surface area (Å²) in [6.07, 6.45) is 1.83. The number of nitrogens with one attached hydrogen (secondary N) is 1. The van der Waals surface area contributed by atoms with Gasteiger partial charge in [-0.3, -0.25) is 4.90 Å². The maximum absolute atomic E-state index is 13.1. The van der Waals surface area contributed by atoms with E-state index in [4.69, 9.17) is 0 Å². The van der Waals surface area contributed by atoms with Crippen LogP contribution in [0.3, 0.4) is 0 Å². The summed E-state index contributed by atoms with van der Waals surface area (Å²) in [5, 5.41) is 6.43. The Morgan fingerprint density at radius 3 is 2.58 bits per heavy atom. The first-order valence-electron chi connectivity index (χ1n) is 6.44. The van der Waals surface area contributed by atoms with Crippen LogP contribution in [-0.2, 0) is 0 Å². The molecule has 1 atom stereocenters. The molecule has 0 radical (unpaired) electrons. The van der Waals surface area contributed by atoms with Crippen molar-refractivity contribution in [3.05, 3.63) is 52.2 Å². The SMILES string of the molecule is Fc1ccc(C(c2nccs2)N2CCNCC2)cc1. The van der Waals surface area contributed by atoms with Crippen LogP contribution in [-0.4, -0.2) is 36.1 Å². The van der Waals surface area contributed by atoms with E-state index in [2.05, 4.69) is 15.2 Å². The molecular formula is C14H16FN3S. The van der Waals surface area contributed by atoms with Gasteiger partial charge in [0.2, 0.25) is 0 Å². The number of benzene rings is 1. The van der Waals surface area contributed by atoms with Crippen molar-refractivity contribution in [2.24, 2.45) is 0 Å². The molecular weight excluding hydrogens is 261 g/mol. The third-order valence-corrected chi connectivity index (χ3v) is 4.22. The highest BCUT2D eigenvalue weighted by atomic mass is 32.1. The van der Waals surface area contributed by atoms with Crippen LogP contribution in [0.1, 0.15) is 16.6 Å². The maximum Gasteiger partial charge on any atom is 0.123 e. The number of hydrogen-bond donors (Lipinski definition) is 1. The first-order chi connectivity index (χ1) is 9.34. The Hall–Kier alpha value is -1.30. The van der Waals surface area contributed by atoms with Crippen molar-refractivity contribution < 1.29 is 4.39 Å². The predicted octanol–water partition coefficient (Wildman–Crippen LogP) is 2.28. The summed E-state index contributed by atoms with van der Waals surface area (Å²) < 4.78 is 13.1. The van der Waals surface area contributed by atoms with Crippen LogP contribution < -0.4 is 5.32 Å². The molecule has 2 heterocycles. The number of hydrogen-bond acceptors (Lipinski definition) is 4. The van der Waals surface area contributed by atoms with E-state index in [1.165, 1.54) is 12.1 Å². The molecule has 1 aliphatic rings. The monoisotopic (exact) mass is 277 g/mol. The summed E-state index contributed by atoms with van der Waals surface area (Å²) in [5.41, 5.74) is 1.11. The Morgan fingerprint density at radius 1 is 1.21 bits per heavy atom. The molecule has 19 heavy (non-hydrogen) atoms. The van der Waals surface area contributed by atoms with Gasteiger partial charge in [0.05, 0.1) is 6.04 Å². The van der Waals surface area contributed by atoms with E-state index >= 15 is 0 Å². The Morgan fingerprint density at radius 2 is 1.95 bits per heavy atom. The third-order valence-electron chi connectivity index (χ3n) is 3.39. The quantitative estimate of drug-likeness (QED) is 0.933. The van der Waals surface area contributed by atoms with E-state index in [1.807, 2.05) is 23.7 Å². The van der Waals surface area contributed by atoms with Gasteiger partial charge in [-0.2, -0.15) is 0 Å². The molecule has 1 aromatic carbocycles. The molecule has 1 N–H and O–H groups in total. The lowest BCUT2D eigenvalue weighted by Crippen LogP contribution is -2.45. The molecule has 1 saturated heterocycles. The minimum Gasteiger partial charge on any atom is -0.314 e. The van der Waals surface area contributed by atoms with E-state index in [-0.39, 0.29) is 11.9 Å². The fraction of sp³-hybridized carbons (Fsp3) is 0.357. The van der Waals surface area contributed by atoms with Gasteiger partial charge in [-0.1, -0.05) is 12.1 Å². The van der Waals surface area contributed by atoms with E-state index in [9.17, 15) is 4.39 Å². The van der Waals surface area contributed by atoms with Gasteiger partial charge in [-0.15, -0.1) is 11.3 Å². The number of rotatable bonds is 3. The van der Waals surface area contributed by atoms with Crippen molar-refractivity contribution in [1.82, 2.24) is 15.2 Å². The van der Waals surface area contributed by atoms with E-state index < -0.39 is 0 Å². The largest absolute Gasteiger partial charge is 0.314 e. The molecule has 2 aromatic rings. The van der Waals surface area contributed by atoms with Gasteiger partial charge < -0.3 is 5.32 Å². The minimum absolute atomic E-state index is 0.141. The van der Waals surface area contributed by atoms with E-state index in [0.29, 0.717) is 0 Å². The van der Waals surface area contributed by atoms with Crippen LogP contribution in [0.25, 0.3) is 0 Å². The summed E-state index contributed by atoms with van der Waals surface area (Å²) >= 11 is 1.66. The molecule has 0 bridgehead atoms. The van der Waals surface area contributed by atoms with Gasteiger partial charge in [-0.05, 0) is 17.7 Å². The second kappa shape index (κ2) is 5.77. The van der Waals surface area contributed by atoms with Crippen molar-refractivity contribution in [3.63, 3.8) is 0 Å². The highest BCUT2D eigenvalue weighted by Gasteiger charge is 2.25. The fourth-order valence-electron chi connectivity index (χ4n) is 2.46. The number of piperazine rings is 1. The molecule has 1 fully saturated rings. The maximum atomic E-state index is 13.1. The second-order valence-corrected chi connectivity index (χ2v) is 5.54. The Labute approximate surface area is 116 Å². The van der Waals surface area contributed by atoms with Crippen molar-refractivity contribution in [2.45, 2.75) is 6.04 Å². The Balaban J connectivity index is 1.93. The minimum atomic E-state index is -0.193. The smallest absolute Gasteiger partial charge is 0.123 e. The molecule has 1 unspecified atom stereocenters. The molecule has 0 aliphatic carbocycles. The molecule has 3 rings (SSSR count). The van der Waals surface area contributed by atoms with Crippen LogP contribution in [0.5, 0.6) is 0 Å². The van der Waals surface area contributed by atoms with Gasteiger partial charge >= 0.3 is 0 Å². The lowest BCUT2D eigenvalue weighted by atomic mass is 10.0. The normalized spacial score (nSPS) is 18.4. The Kier molecular flexibility index (Phi) is 3.87. The van der Waals surface area contributed by atoms with Gasteiger partial charge in [0.15, 0.2) is 0 Å². The highest BCUT2D eigenvalue weighted by molar-refractivity contribution is 7.09. The van der Waals surface area contributed by atoms with Crippen LogP contribution in [0.15, 0.2) is 35.8 Å². The third kappa shape index (κ3) is 2.83. The van der Waals surface area contributed by atoms with E-state index in [1.54, 1.807) is 11.3 Å². The lowest BCUT2D eigenvalue weighted by molar-refractivity contribution is 0.198. The zero-order valence-corrected chi connectivity index (χ0v) is 11.4. The zero-order chi connectivity index (χ0) is 13.1. The predicted molar refractivity (Wildman–Crippen MR) is 74.8 cm³/mol. The standard InChI is InChI=1S/C14H16FN3S/c15-12-3-1-11(2-4-12)13(14-17-7-10-19-14)18-8-5-16-6-9-18/h1-4,7,10,13,16H,5-6,8-9H2. The molecule has 0 saturated carbocycles. The first-order valence-corrected chi connectivity index (χ1v) is 7.32. The van der Waals surface area contributed by atoms with Gasteiger partial charge in [0, 0.05) is 37.8 Å².